The van der Waals surface area contributed by atoms with Crippen LogP contribution in [0, 0.1) is 0 Å². The van der Waals surface area contributed by atoms with Crippen molar-refractivity contribution >= 4 is 0 Å². The summed E-state index contributed by atoms with van der Waals surface area (Å²) in [6.07, 6.45) is 1.65. The van der Waals surface area contributed by atoms with Gasteiger partial charge in [0.25, 0.3) is 0 Å². The fourth-order valence-electron chi connectivity index (χ4n) is 1.41. The lowest BCUT2D eigenvalue weighted by Crippen LogP contribution is -1.87. The van der Waals surface area contributed by atoms with Crippen LogP contribution in [0.25, 0.3) is 11.1 Å². The number of ether oxygens (including phenoxy) is 1. The van der Waals surface area contributed by atoms with E-state index in [2.05, 4.69) is 4.98 Å². The largest absolute Gasteiger partial charge is 0.507 e. The average Bonchev–Trinajstić information content (AvgIpc) is 2.30. The number of aromatic nitrogens is 1. The molecule has 76 valence electrons. The second kappa shape index (κ2) is 4.00. The molecule has 0 bridgehead atoms. The summed E-state index contributed by atoms with van der Waals surface area (Å²) in [7, 11) is 1.57. The highest BCUT2D eigenvalue weighted by atomic mass is 16.5. The molecule has 1 aromatic carbocycles. The van der Waals surface area contributed by atoms with Crippen LogP contribution >= 0.6 is 0 Å². The Morgan fingerprint density at radius 3 is 2.73 bits per heavy atom. The van der Waals surface area contributed by atoms with Crippen LogP contribution in [0.3, 0.4) is 0 Å². The zero-order valence-electron chi connectivity index (χ0n) is 8.34. The molecule has 0 aliphatic carbocycles. The van der Waals surface area contributed by atoms with Gasteiger partial charge in [-0.3, -0.25) is 0 Å². The van der Waals surface area contributed by atoms with Gasteiger partial charge in [-0.2, -0.15) is 0 Å². The molecule has 15 heavy (non-hydrogen) atoms. The van der Waals surface area contributed by atoms with Crippen molar-refractivity contribution in [2.24, 2.45) is 0 Å². The molecule has 1 N–H and O–H groups in total. The van der Waals surface area contributed by atoms with Gasteiger partial charge in [-0.1, -0.05) is 18.2 Å². The predicted octanol–water partition coefficient (Wildman–Crippen LogP) is 2.46. The van der Waals surface area contributed by atoms with Crippen LogP contribution in [-0.2, 0) is 0 Å². The van der Waals surface area contributed by atoms with E-state index >= 15 is 0 Å². The lowest BCUT2D eigenvalue weighted by Gasteiger charge is -2.05. The Hall–Kier alpha value is -2.03. The Bertz CT molecular complexity index is 469. The topological polar surface area (TPSA) is 42.4 Å². The normalized spacial score (nSPS) is 9.93. The molecule has 0 fully saturated rings. The van der Waals surface area contributed by atoms with E-state index in [-0.39, 0.29) is 5.75 Å². The summed E-state index contributed by atoms with van der Waals surface area (Å²) >= 11 is 0. The minimum absolute atomic E-state index is 0.255. The Kier molecular flexibility index (Phi) is 2.54. The second-order valence-electron chi connectivity index (χ2n) is 3.10. The quantitative estimate of drug-likeness (QED) is 0.811. The summed E-state index contributed by atoms with van der Waals surface area (Å²) in [5.41, 5.74) is 1.66. The zero-order chi connectivity index (χ0) is 10.7. The Labute approximate surface area is 88.0 Å². The van der Waals surface area contributed by atoms with Gasteiger partial charge in [0, 0.05) is 17.8 Å². The van der Waals surface area contributed by atoms with Crippen LogP contribution < -0.4 is 4.74 Å². The van der Waals surface area contributed by atoms with Crippen LogP contribution in [0.15, 0.2) is 42.6 Å². The van der Waals surface area contributed by atoms with Crippen molar-refractivity contribution in [1.82, 2.24) is 4.98 Å². The summed E-state index contributed by atoms with van der Waals surface area (Å²) in [6.45, 7) is 0. The Morgan fingerprint density at radius 2 is 2.00 bits per heavy atom. The summed E-state index contributed by atoms with van der Waals surface area (Å²) in [5.74, 6) is 0.793. The monoisotopic (exact) mass is 201 g/mol. The van der Waals surface area contributed by atoms with E-state index in [4.69, 9.17) is 4.74 Å². The maximum atomic E-state index is 9.67. The van der Waals surface area contributed by atoms with Gasteiger partial charge in [0.1, 0.15) is 5.75 Å². The Morgan fingerprint density at radius 1 is 1.20 bits per heavy atom. The molecule has 2 aromatic rings. The molecule has 0 aliphatic heterocycles. The molecular formula is C12H11NO2. The third-order valence-electron chi connectivity index (χ3n) is 2.16. The molecule has 3 heteroatoms. The van der Waals surface area contributed by atoms with Gasteiger partial charge in [-0.05, 0) is 17.7 Å². The van der Waals surface area contributed by atoms with Gasteiger partial charge in [0.15, 0.2) is 0 Å². The number of phenols is 1. The minimum Gasteiger partial charge on any atom is -0.507 e. The maximum Gasteiger partial charge on any atom is 0.213 e. The molecule has 1 aromatic heterocycles. The highest BCUT2D eigenvalue weighted by molar-refractivity contribution is 5.70. The molecule has 0 saturated heterocycles. The van der Waals surface area contributed by atoms with Crippen LogP contribution in [0.4, 0.5) is 0 Å². The maximum absolute atomic E-state index is 9.67. The smallest absolute Gasteiger partial charge is 0.213 e. The fraction of sp³-hybridized carbons (Fsp3) is 0.0833. The first-order valence-electron chi connectivity index (χ1n) is 4.59. The fourth-order valence-corrected chi connectivity index (χ4v) is 1.41. The van der Waals surface area contributed by atoms with Gasteiger partial charge < -0.3 is 9.84 Å². The predicted molar refractivity (Wildman–Crippen MR) is 57.9 cm³/mol. The van der Waals surface area contributed by atoms with Crippen molar-refractivity contribution < 1.29 is 9.84 Å². The average molecular weight is 201 g/mol. The molecule has 0 aliphatic rings. The number of para-hydroxylation sites is 1. The number of benzene rings is 1. The van der Waals surface area contributed by atoms with Crippen molar-refractivity contribution in [2.75, 3.05) is 7.11 Å². The molecule has 0 radical (unpaired) electrons. The molecule has 1 heterocycles. The van der Waals surface area contributed by atoms with Crippen molar-refractivity contribution in [1.29, 1.82) is 0 Å². The first-order valence-corrected chi connectivity index (χ1v) is 4.59. The van der Waals surface area contributed by atoms with Crippen LogP contribution in [0.5, 0.6) is 11.6 Å². The van der Waals surface area contributed by atoms with Crippen LogP contribution in [0.2, 0.25) is 0 Å². The number of hydrogen-bond donors (Lipinski definition) is 1. The van der Waals surface area contributed by atoms with E-state index in [1.54, 1.807) is 31.5 Å². The number of aromatic hydroxyl groups is 1. The van der Waals surface area contributed by atoms with Gasteiger partial charge in [0.05, 0.1) is 7.11 Å². The second-order valence-corrected chi connectivity index (χ2v) is 3.10. The van der Waals surface area contributed by atoms with Gasteiger partial charge in [-0.15, -0.1) is 0 Å². The van der Waals surface area contributed by atoms with E-state index in [0.717, 1.165) is 11.1 Å². The minimum atomic E-state index is 0.255. The first-order chi connectivity index (χ1) is 7.31. The molecule has 3 nitrogen and oxygen atoms in total. The van der Waals surface area contributed by atoms with Crippen molar-refractivity contribution in [3.05, 3.63) is 42.6 Å². The standard InChI is InChI=1S/C12H11NO2/c1-15-12-8-9(6-7-13-12)10-4-2-3-5-11(10)14/h2-8,14H,1H3. The molecule has 0 amide bonds. The zero-order valence-corrected chi connectivity index (χ0v) is 8.34. The summed E-state index contributed by atoms with van der Waals surface area (Å²) in [6, 6.07) is 10.8. The highest BCUT2D eigenvalue weighted by Gasteiger charge is 2.04. The lowest BCUT2D eigenvalue weighted by molar-refractivity contribution is 0.398. The van der Waals surface area contributed by atoms with Crippen LogP contribution in [-0.4, -0.2) is 17.2 Å². The Balaban J connectivity index is 2.49. The van der Waals surface area contributed by atoms with Crippen LogP contribution in [0.1, 0.15) is 0 Å². The summed E-state index contributed by atoms with van der Waals surface area (Å²) < 4.78 is 5.02. The first kappa shape index (κ1) is 9.52. The van der Waals surface area contributed by atoms with Crippen molar-refractivity contribution in [3.63, 3.8) is 0 Å². The summed E-state index contributed by atoms with van der Waals surface area (Å²) in [4.78, 5) is 4.01. The van der Waals surface area contributed by atoms with Gasteiger partial charge in [0.2, 0.25) is 5.88 Å². The van der Waals surface area contributed by atoms with Crippen molar-refractivity contribution in [2.45, 2.75) is 0 Å². The molecule has 0 spiro atoms. The number of rotatable bonds is 2. The molecule has 0 saturated carbocycles. The third kappa shape index (κ3) is 1.91. The number of pyridine rings is 1. The van der Waals surface area contributed by atoms with Gasteiger partial charge >= 0.3 is 0 Å². The lowest BCUT2D eigenvalue weighted by atomic mass is 10.1. The van der Waals surface area contributed by atoms with E-state index in [9.17, 15) is 5.11 Å². The van der Waals surface area contributed by atoms with E-state index in [0.29, 0.717) is 5.88 Å². The highest BCUT2D eigenvalue weighted by Crippen LogP contribution is 2.29. The van der Waals surface area contributed by atoms with E-state index in [1.165, 1.54) is 0 Å². The molecular weight excluding hydrogens is 190 g/mol. The SMILES string of the molecule is COc1cc(-c2ccccc2O)ccn1. The number of methoxy groups -OCH3 is 1. The van der Waals surface area contributed by atoms with E-state index < -0.39 is 0 Å². The number of phenolic OH excluding ortho intramolecular Hbond substituents is 1. The molecule has 0 unspecified atom stereocenters. The molecule has 0 atom stereocenters. The number of nitrogens with zero attached hydrogens (tertiary/aromatic N) is 1. The molecule has 2 rings (SSSR count). The van der Waals surface area contributed by atoms with E-state index in [1.807, 2.05) is 18.2 Å². The summed E-state index contributed by atoms with van der Waals surface area (Å²) in [5, 5.41) is 9.67. The third-order valence-corrected chi connectivity index (χ3v) is 2.16. The van der Waals surface area contributed by atoms with Crippen molar-refractivity contribution in [3.8, 4) is 22.8 Å². The number of hydrogen-bond acceptors (Lipinski definition) is 3. The van der Waals surface area contributed by atoms with Gasteiger partial charge in [-0.25, -0.2) is 4.98 Å².